The average molecular weight is 307 g/mol. The summed E-state index contributed by atoms with van der Waals surface area (Å²) in [6, 6.07) is 18.3. The molecule has 0 fully saturated rings. The molecule has 1 atom stereocenters. The summed E-state index contributed by atoms with van der Waals surface area (Å²) >= 11 is 0. The number of tetrazole rings is 1. The Hall–Kier alpha value is -2.69. The van der Waals surface area contributed by atoms with Gasteiger partial charge in [-0.1, -0.05) is 42.8 Å². The molecule has 1 N–H and O–H groups in total. The lowest BCUT2D eigenvalue weighted by Gasteiger charge is -2.29. The summed E-state index contributed by atoms with van der Waals surface area (Å²) in [6.07, 6.45) is 0.855. The number of aromatic nitrogens is 4. The molecule has 0 unspecified atom stereocenters. The van der Waals surface area contributed by atoms with Gasteiger partial charge in [0.2, 0.25) is 0 Å². The first-order valence-corrected chi connectivity index (χ1v) is 7.81. The van der Waals surface area contributed by atoms with E-state index in [9.17, 15) is 0 Å². The van der Waals surface area contributed by atoms with Crippen LogP contribution in [0.5, 0.6) is 0 Å². The van der Waals surface area contributed by atoms with Gasteiger partial charge in [-0.3, -0.25) is 0 Å². The highest BCUT2D eigenvalue weighted by Crippen LogP contribution is 2.28. The zero-order valence-corrected chi connectivity index (χ0v) is 13.7. The van der Waals surface area contributed by atoms with Crippen LogP contribution in [0, 0.1) is 6.92 Å². The number of hydrogen-bond acceptors (Lipinski definition) is 4. The molecule has 1 aromatic heterocycles. The molecule has 3 rings (SSSR count). The monoisotopic (exact) mass is 307 g/mol. The van der Waals surface area contributed by atoms with Crippen LogP contribution < -0.4 is 5.32 Å². The Morgan fingerprint density at radius 3 is 2.39 bits per heavy atom. The van der Waals surface area contributed by atoms with Crippen LogP contribution in [0.4, 0.5) is 5.69 Å². The fourth-order valence-electron chi connectivity index (χ4n) is 2.53. The van der Waals surface area contributed by atoms with Gasteiger partial charge >= 0.3 is 0 Å². The molecule has 0 aliphatic rings. The SMILES string of the molecule is CC[C@@](C)(Nc1ccccc1)c1nnnn1-c1ccc(C)cc1. The van der Waals surface area contributed by atoms with E-state index in [-0.39, 0.29) is 5.54 Å². The normalized spacial score (nSPS) is 13.5. The van der Waals surface area contributed by atoms with Crippen molar-refractivity contribution >= 4 is 5.69 Å². The minimum absolute atomic E-state index is 0.365. The van der Waals surface area contributed by atoms with Crippen molar-refractivity contribution in [2.24, 2.45) is 0 Å². The van der Waals surface area contributed by atoms with Crippen LogP contribution in [0.15, 0.2) is 54.6 Å². The van der Waals surface area contributed by atoms with Gasteiger partial charge < -0.3 is 5.32 Å². The van der Waals surface area contributed by atoms with E-state index in [0.717, 1.165) is 23.6 Å². The lowest BCUT2D eigenvalue weighted by atomic mass is 9.97. The maximum atomic E-state index is 4.29. The van der Waals surface area contributed by atoms with Gasteiger partial charge in [0.05, 0.1) is 11.2 Å². The quantitative estimate of drug-likeness (QED) is 0.780. The van der Waals surface area contributed by atoms with Gasteiger partial charge in [-0.05, 0) is 55.0 Å². The summed E-state index contributed by atoms with van der Waals surface area (Å²) in [5.41, 5.74) is 2.86. The Kier molecular flexibility index (Phi) is 4.10. The van der Waals surface area contributed by atoms with Crippen LogP contribution in [0.1, 0.15) is 31.7 Å². The van der Waals surface area contributed by atoms with Gasteiger partial charge in [-0.2, -0.15) is 4.68 Å². The molecular weight excluding hydrogens is 286 g/mol. The van der Waals surface area contributed by atoms with Crippen LogP contribution in [-0.2, 0) is 5.54 Å². The third-order valence-electron chi connectivity index (χ3n) is 4.14. The first kappa shape index (κ1) is 15.2. The number of benzene rings is 2. The number of para-hydroxylation sites is 1. The molecule has 5 nitrogen and oxygen atoms in total. The van der Waals surface area contributed by atoms with Crippen LogP contribution in [-0.4, -0.2) is 20.2 Å². The number of hydrogen-bond donors (Lipinski definition) is 1. The molecule has 0 saturated heterocycles. The molecule has 0 amide bonds. The molecule has 0 spiro atoms. The summed E-state index contributed by atoms with van der Waals surface area (Å²) in [5.74, 6) is 0.799. The van der Waals surface area contributed by atoms with Gasteiger partial charge in [0.1, 0.15) is 0 Å². The molecule has 0 saturated carbocycles. The first-order chi connectivity index (χ1) is 11.1. The molecule has 1 heterocycles. The number of nitrogens with one attached hydrogen (secondary N) is 1. The van der Waals surface area contributed by atoms with Gasteiger partial charge in [-0.15, -0.1) is 5.10 Å². The van der Waals surface area contributed by atoms with Crippen LogP contribution in [0.25, 0.3) is 5.69 Å². The largest absolute Gasteiger partial charge is 0.373 e. The van der Waals surface area contributed by atoms with E-state index in [1.54, 1.807) is 4.68 Å². The van der Waals surface area contributed by atoms with Crippen molar-refractivity contribution in [2.45, 2.75) is 32.7 Å². The second-order valence-electron chi connectivity index (χ2n) is 5.93. The molecule has 0 bridgehead atoms. The van der Waals surface area contributed by atoms with E-state index in [1.165, 1.54) is 5.56 Å². The standard InChI is InChI=1S/C18H21N5/c1-4-18(3,19-15-8-6-5-7-9-15)17-20-21-22-23(17)16-12-10-14(2)11-13-16/h5-13,19H,4H2,1-3H3/t18-/m1/s1. The van der Waals surface area contributed by atoms with Crippen molar-refractivity contribution in [3.63, 3.8) is 0 Å². The highest BCUT2D eigenvalue weighted by molar-refractivity contribution is 5.46. The maximum absolute atomic E-state index is 4.29. The highest BCUT2D eigenvalue weighted by atomic mass is 15.6. The molecule has 0 aliphatic heterocycles. The second-order valence-corrected chi connectivity index (χ2v) is 5.93. The predicted molar refractivity (Wildman–Crippen MR) is 91.6 cm³/mol. The smallest absolute Gasteiger partial charge is 0.181 e. The molecule has 5 heteroatoms. The van der Waals surface area contributed by atoms with Gasteiger partial charge in [0.15, 0.2) is 5.82 Å². The summed E-state index contributed by atoms with van der Waals surface area (Å²) in [4.78, 5) is 0. The van der Waals surface area contributed by atoms with Crippen molar-refractivity contribution in [3.8, 4) is 5.69 Å². The van der Waals surface area contributed by atoms with Crippen molar-refractivity contribution in [1.82, 2.24) is 20.2 Å². The van der Waals surface area contributed by atoms with E-state index in [0.29, 0.717) is 0 Å². The molecule has 2 aromatic carbocycles. The van der Waals surface area contributed by atoms with Gasteiger partial charge in [0.25, 0.3) is 0 Å². The Morgan fingerprint density at radius 1 is 1.04 bits per heavy atom. The van der Waals surface area contributed by atoms with Crippen LogP contribution >= 0.6 is 0 Å². The lowest BCUT2D eigenvalue weighted by molar-refractivity contribution is 0.474. The number of anilines is 1. The molecule has 0 radical (unpaired) electrons. The third-order valence-corrected chi connectivity index (χ3v) is 4.14. The van der Waals surface area contributed by atoms with E-state index in [4.69, 9.17) is 0 Å². The van der Waals surface area contributed by atoms with Crippen molar-refractivity contribution in [3.05, 3.63) is 66.0 Å². The number of rotatable bonds is 5. The second kappa shape index (κ2) is 6.20. The lowest BCUT2D eigenvalue weighted by Crippen LogP contribution is -2.34. The minimum Gasteiger partial charge on any atom is -0.373 e. The fourth-order valence-corrected chi connectivity index (χ4v) is 2.53. The van der Waals surface area contributed by atoms with E-state index in [2.05, 4.69) is 53.7 Å². The average Bonchev–Trinajstić information content (AvgIpc) is 3.07. The van der Waals surface area contributed by atoms with E-state index < -0.39 is 0 Å². The number of nitrogens with zero attached hydrogens (tertiary/aromatic N) is 4. The summed E-state index contributed by atoms with van der Waals surface area (Å²) in [5, 5.41) is 15.9. The summed E-state index contributed by atoms with van der Waals surface area (Å²) in [7, 11) is 0. The summed E-state index contributed by atoms with van der Waals surface area (Å²) < 4.78 is 1.80. The Labute approximate surface area is 136 Å². The van der Waals surface area contributed by atoms with Crippen molar-refractivity contribution in [2.75, 3.05) is 5.32 Å². The highest BCUT2D eigenvalue weighted by Gasteiger charge is 2.31. The van der Waals surface area contributed by atoms with Gasteiger partial charge in [-0.25, -0.2) is 0 Å². The molecular formula is C18H21N5. The molecule has 118 valence electrons. The van der Waals surface area contributed by atoms with Crippen molar-refractivity contribution in [1.29, 1.82) is 0 Å². The Balaban J connectivity index is 1.99. The predicted octanol–water partition coefficient (Wildman–Crippen LogP) is 3.71. The summed E-state index contributed by atoms with van der Waals surface area (Å²) in [6.45, 7) is 6.32. The van der Waals surface area contributed by atoms with Gasteiger partial charge in [0, 0.05) is 5.69 Å². The minimum atomic E-state index is -0.365. The Bertz CT molecular complexity index is 764. The third kappa shape index (κ3) is 3.08. The zero-order valence-electron chi connectivity index (χ0n) is 13.7. The number of aryl methyl sites for hydroxylation is 1. The van der Waals surface area contributed by atoms with E-state index in [1.807, 2.05) is 42.5 Å². The maximum Gasteiger partial charge on any atom is 0.181 e. The molecule has 23 heavy (non-hydrogen) atoms. The topological polar surface area (TPSA) is 55.6 Å². The molecule has 0 aliphatic carbocycles. The van der Waals surface area contributed by atoms with Crippen molar-refractivity contribution < 1.29 is 0 Å². The van der Waals surface area contributed by atoms with Crippen LogP contribution in [0.3, 0.4) is 0 Å². The first-order valence-electron chi connectivity index (χ1n) is 7.81. The zero-order chi connectivity index (χ0) is 16.3. The fraction of sp³-hybridized carbons (Fsp3) is 0.278. The molecule has 3 aromatic rings. The van der Waals surface area contributed by atoms with Crippen LogP contribution in [0.2, 0.25) is 0 Å². The van der Waals surface area contributed by atoms with E-state index >= 15 is 0 Å². The Morgan fingerprint density at radius 2 is 1.74 bits per heavy atom.